The fourth-order valence-corrected chi connectivity index (χ4v) is 2.69. The van der Waals surface area contributed by atoms with Crippen LogP contribution in [0.4, 0.5) is 18.9 Å². The maximum atomic E-state index is 12.3. The van der Waals surface area contributed by atoms with E-state index in [1.165, 1.54) is 12.3 Å². The molecule has 2 aromatic heterocycles. The Morgan fingerprint density at radius 3 is 2.61 bits per heavy atom. The molecule has 0 atom stereocenters. The molecule has 0 fully saturated rings. The van der Waals surface area contributed by atoms with Crippen LogP contribution in [0.5, 0.6) is 0 Å². The molecule has 0 aromatic carbocycles. The number of pyridine rings is 1. The van der Waals surface area contributed by atoms with Crippen molar-refractivity contribution in [3.8, 4) is 0 Å². The van der Waals surface area contributed by atoms with Crippen LogP contribution in [-0.4, -0.2) is 4.98 Å². The first-order chi connectivity index (χ1) is 8.45. The van der Waals surface area contributed by atoms with Crippen LogP contribution in [0.2, 0.25) is 0 Å². The van der Waals surface area contributed by atoms with Crippen molar-refractivity contribution >= 4 is 33.0 Å². The molecule has 0 saturated heterocycles. The normalized spacial score (nSPS) is 11.6. The SMILES string of the molecule is FC(F)(F)c1ccc(NCc2cc(Br)cs2)cn1. The van der Waals surface area contributed by atoms with E-state index in [2.05, 4.69) is 26.2 Å². The quantitative estimate of drug-likeness (QED) is 0.890. The summed E-state index contributed by atoms with van der Waals surface area (Å²) < 4.78 is 37.9. The lowest BCUT2D eigenvalue weighted by Gasteiger charge is -2.07. The Morgan fingerprint density at radius 2 is 2.11 bits per heavy atom. The second-order valence-electron chi connectivity index (χ2n) is 3.51. The molecule has 2 heterocycles. The van der Waals surface area contributed by atoms with Crippen LogP contribution in [0, 0.1) is 0 Å². The van der Waals surface area contributed by atoms with Gasteiger partial charge in [-0.3, -0.25) is 0 Å². The van der Waals surface area contributed by atoms with Crippen LogP contribution >= 0.6 is 27.3 Å². The molecule has 0 aliphatic rings. The monoisotopic (exact) mass is 336 g/mol. The van der Waals surface area contributed by atoms with Gasteiger partial charge in [-0.2, -0.15) is 13.2 Å². The van der Waals surface area contributed by atoms with Crippen LogP contribution in [0.15, 0.2) is 34.2 Å². The van der Waals surface area contributed by atoms with E-state index in [9.17, 15) is 13.2 Å². The highest BCUT2D eigenvalue weighted by Gasteiger charge is 2.31. The van der Waals surface area contributed by atoms with E-state index >= 15 is 0 Å². The van der Waals surface area contributed by atoms with Crippen molar-refractivity contribution in [1.29, 1.82) is 0 Å². The molecule has 2 rings (SSSR count). The Kier molecular flexibility index (Phi) is 3.91. The summed E-state index contributed by atoms with van der Waals surface area (Å²) in [4.78, 5) is 4.46. The molecule has 0 saturated carbocycles. The van der Waals surface area contributed by atoms with Gasteiger partial charge >= 0.3 is 6.18 Å². The summed E-state index contributed by atoms with van der Waals surface area (Å²) in [6, 6.07) is 4.29. The molecule has 0 aliphatic heterocycles. The Bertz CT molecular complexity index is 522. The third-order valence-electron chi connectivity index (χ3n) is 2.14. The Balaban J connectivity index is 1.98. The van der Waals surface area contributed by atoms with Gasteiger partial charge in [0, 0.05) is 21.3 Å². The van der Waals surface area contributed by atoms with Crippen molar-refractivity contribution in [1.82, 2.24) is 4.98 Å². The van der Waals surface area contributed by atoms with Crippen LogP contribution in [-0.2, 0) is 12.7 Å². The average molecular weight is 337 g/mol. The summed E-state index contributed by atoms with van der Waals surface area (Å²) in [5.74, 6) is 0. The molecule has 7 heteroatoms. The van der Waals surface area contributed by atoms with E-state index < -0.39 is 11.9 Å². The lowest BCUT2D eigenvalue weighted by Crippen LogP contribution is -2.08. The van der Waals surface area contributed by atoms with Gasteiger partial charge in [0.2, 0.25) is 0 Å². The molecule has 0 spiro atoms. The van der Waals surface area contributed by atoms with Gasteiger partial charge in [0.25, 0.3) is 0 Å². The van der Waals surface area contributed by atoms with E-state index in [1.54, 1.807) is 11.3 Å². The van der Waals surface area contributed by atoms with E-state index in [0.717, 1.165) is 15.4 Å². The van der Waals surface area contributed by atoms with E-state index in [0.29, 0.717) is 12.2 Å². The zero-order chi connectivity index (χ0) is 13.2. The summed E-state index contributed by atoms with van der Waals surface area (Å²) in [6.07, 6.45) is -3.21. The Hall–Kier alpha value is -1.08. The zero-order valence-electron chi connectivity index (χ0n) is 8.96. The summed E-state index contributed by atoms with van der Waals surface area (Å²) in [5.41, 5.74) is -0.320. The Labute approximate surface area is 114 Å². The molecule has 18 heavy (non-hydrogen) atoms. The number of hydrogen-bond donors (Lipinski definition) is 1. The van der Waals surface area contributed by atoms with Gasteiger partial charge in [-0.25, -0.2) is 4.98 Å². The minimum absolute atomic E-state index is 0.559. The molecule has 0 amide bonds. The minimum atomic E-state index is -4.39. The van der Waals surface area contributed by atoms with Crippen LogP contribution < -0.4 is 5.32 Å². The first-order valence-corrected chi connectivity index (χ1v) is 6.62. The van der Waals surface area contributed by atoms with Gasteiger partial charge < -0.3 is 5.32 Å². The van der Waals surface area contributed by atoms with Crippen LogP contribution in [0.25, 0.3) is 0 Å². The number of nitrogens with one attached hydrogen (secondary N) is 1. The second-order valence-corrected chi connectivity index (χ2v) is 5.43. The molecule has 96 valence electrons. The number of anilines is 1. The van der Waals surface area contributed by atoms with Gasteiger partial charge in [0.1, 0.15) is 5.69 Å². The maximum Gasteiger partial charge on any atom is 0.433 e. The first kappa shape index (κ1) is 13.4. The summed E-state index contributed by atoms with van der Waals surface area (Å²) >= 11 is 4.90. The molecule has 0 aliphatic carbocycles. The number of nitrogens with zero attached hydrogens (tertiary/aromatic N) is 1. The van der Waals surface area contributed by atoms with E-state index in [-0.39, 0.29) is 0 Å². The van der Waals surface area contributed by atoms with Gasteiger partial charge in [-0.15, -0.1) is 11.3 Å². The molecule has 0 radical (unpaired) electrons. The number of halogens is 4. The van der Waals surface area contributed by atoms with Gasteiger partial charge in [-0.05, 0) is 34.1 Å². The summed E-state index contributed by atoms with van der Waals surface area (Å²) in [6.45, 7) is 0.559. The molecule has 2 aromatic rings. The molecule has 0 bridgehead atoms. The smallest absolute Gasteiger partial charge is 0.379 e. The van der Waals surface area contributed by atoms with Crippen molar-refractivity contribution in [3.05, 3.63) is 44.8 Å². The zero-order valence-corrected chi connectivity index (χ0v) is 11.4. The summed E-state index contributed by atoms with van der Waals surface area (Å²) in [7, 11) is 0. The van der Waals surface area contributed by atoms with Crippen LogP contribution in [0.1, 0.15) is 10.6 Å². The van der Waals surface area contributed by atoms with Crippen LogP contribution in [0.3, 0.4) is 0 Å². The van der Waals surface area contributed by atoms with E-state index in [4.69, 9.17) is 0 Å². The highest BCUT2D eigenvalue weighted by atomic mass is 79.9. The molecule has 2 nitrogen and oxygen atoms in total. The average Bonchev–Trinajstić information content (AvgIpc) is 2.72. The predicted molar refractivity (Wildman–Crippen MR) is 68.6 cm³/mol. The lowest BCUT2D eigenvalue weighted by atomic mass is 10.3. The standard InChI is InChI=1S/C11H8BrF3N2S/c12-7-3-9(18-6-7)5-16-8-1-2-10(17-4-8)11(13,14)15/h1-4,6,16H,5H2. The molecule has 1 N–H and O–H groups in total. The Morgan fingerprint density at radius 1 is 1.33 bits per heavy atom. The highest BCUT2D eigenvalue weighted by Crippen LogP contribution is 2.28. The number of aromatic nitrogens is 1. The number of rotatable bonds is 3. The molecular formula is C11H8BrF3N2S. The lowest BCUT2D eigenvalue weighted by molar-refractivity contribution is -0.141. The maximum absolute atomic E-state index is 12.3. The number of alkyl halides is 3. The largest absolute Gasteiger partial charge is 0.433 e. The summed E-state index contributed by atoms with van der Waals surface area (Å²) in [5, 5.41) is 4.96. The number of hydrogen-bond acceptors (Lipinski definition) is 3. The van der Waals surface area contributed by atoms with Crippen molar-refractivity contribution in [2.75, 3.05) is 5.32 Å². The van der Waals surface area contributed by atoms with E-state index in [1.807, 2.05) is 11.4 Å². The van der Waals surface area contributed by atoms with Gasteiger partial charge in [0.15, 0.2) is 0 Å². The predicted octanol–water partition coefficient (Wildman–Crippen LogP) is 4.54. The van der Waals surface area contributed by atoms with Crippen molar-refractivity contribution in [2.45, 2.75) is 12.7 Å². The fraction of sp³-hybridized carbons (Fsp3) is 0.182. The topological polar surface area (TPSA) is 24.9 Å². The minimum Gasteiger partial charge on any atom is -0.379 e. The molecule has 0 unspecified atom stereocenters. The highest BCUT2D eigenvalue weighted by molar-refractivity contribution is 9.10. The van der Waals surface area contributed by atoms with Gasteiger partial charge in [-0.1, -0.05) is 0 Å². The van der Waals surface area contributed by atoms with Crippen molar-refractivity contribution in [3.63, 3.8) is 0 Å². The van der Waals surface area contributed by atoms with Crippen molar-refractivity contribution < 1.29 is 13.2 Å². The second kappa shape index (κ2) is 5.27. The first-order valence-electron chi connectivity index (χ1n) is 4.95. The van der Waals surface area contributed by atoms with Gasteiger partial charge in [0.05, 0.1) is 11.9 Å². The fourth-order valence-electron chi connectivity index (χ4n) is 1.30. The molecular weight excluding hydrogens is 329 g/mol. The third-order valence-corrected chi connectivity index (χ3v) is 3.84. The van der Waals surface area contributed by atoms with Crippen molar-refractivity contribution in [2.24, 2.45) is 0 Å². The number of thiophene rings is 1. The third kappa shape index (κ3) is 3.46.